The average molecular weight is 112 g/mol. The average Bonchev–Trinajstić information content (AvgIpc) is 1.66. The van der Waals surface area contributed by atoms with Gasteiger partial charge >= 0.3 is 0 Å². The Balaban J connectivity index is 3.34. The lowest BCUT2D eigenvalue weighted by Gasteiger charge is -1.88. The molecule has 46 valence electrons. The number of allylic oxidation sites excluding steroid dienone is 3. The highest BCUT2D eigenvalue weighted by Gasteiger charge is 1.79. The van der Waals surface area contributed by atoms with Crippen molar-refractivity contribution in [3.05, 3.63) is 24.3 Å². The molecule has 1 nitrogen and oxygen atoms in total. The molecular formula is C7H12O. The number of hydrogen-bond acceptors (Lipinski definition) is 1. The van der Waals surface area contributed by atoms with Gasteiger partial charge in [0.15, 0.2) is 0 Å². The quantitative estimate of drug-likeness (QED) is 0.537. The van der Waals surface area contributed by atoms with E-state index in [-0.39, 0.29) is 6.10 Å². The van der Waals surface area contributed by atoms with E-state index >= 15 is 0 Å². The molecule has 0 amide bonds. The SMILES string of the molecule is C/C=C/C=C\[C@@H](C)O. The number of rotatable bonds is 2. The lowest BCUT2D eigenvalue weighted by molar-refractivity contribution is 0.244. The molecule has 0 aromatic heterocycles. The van der Waals surface area contributed by atoms with E-state index < -0.39 is 0 Å². The lowest BCUT2D eigenvalue weighted by Crippen LogP contribution is -1.90. The Morgan fingerprint density at radius 2 is 2.00 bits per heavy atom. The zero-order valence-electron chi connectivity index (χ0n) is 5.33. The van der Waals surface area contributed by atoms with Crippen molar-refractivity contribution in [2.45, 2.75) is 20.0 Å². The Bertz CT molecular complexity index is 90.6. The van der Waals surface area contributed by atoms with Gasteiger partial charge in [0, 0.05) is 0 Å². The van der Waals surface area contributed by atoms with E-state index in [0.717, 1.165) is 0 Å². The monoisotopic (exact) mass is 112 g/mol. The van der Waals surface area contributed by atoms with Gasteiger partial charge in [0.25, 0.3) is 0 Å². The highest BCUT2D eigenvalue weighted by Crippen LogP contribution is 1.82. The van der Waals surface area contributed by atoms with Crippen LogP contribution in [0.5, 0.6) is 0 Å². The molecule has 0 aliphatic carbocycles. The van der Waals surface area contributed by atoms with Crippen LogP contribution in [0, 0.1) is 0 Å². The summed E-state index contributed by atoms with van der Waals surface area (Å²) in [4.78, 5) is 0. The first-order valence-electron chi connectivity index (χ1n) is 2.75. The molecule has 0 fully saturated rings. The summed E-state index contributed by atoms with van der Waals surface area (Å²) in [6, 6.07) is 0. The van der Waals surface area contributed by atoms with Gasteiger partial charge in [-0.1, -0.05) is 24.3 Å². The molecule has 0 aromatic rings. The van der Waals surface area contributed by atoms with Gasteiger partial charge in [-0.2, -0.15) is 0 Å². The molecule has 1 heteroatoms. The second-order valence-electron chi connectivity index (χ2n) is 1.65. The van der Waals surface area contributed by atoms with E-state index in [9.17, 15) is 0 Å². The molecule has 0 rings (SSSR count). The second kappa shape index (κ2) is 4.60. The van der Waals surface area contributed by atoms with Gasteiger partial charge < -0.3 is 5.11 Å². The second-order valence-corrected chi connectivity index (χ2v) is 1.65. The van der Waals surface area contributed by atoms with Crippen LogP contribution < -0.4 is 0 Å². The van der Waals surface area contributed by atoms with Crippen LogP contribution in [0.2, 0.25) is 0 Å². The first-order valence-corrected chi connectivity index (χ1v) is 2.75. The van der Waals surface area contributed by atoms with E-state index in [2.05, 4.69) is 0 Å². The summed E-state index contributed by atoms with van der Waals surface area (Å²) >= 11 is 0. The number of aliphatic hydroxyl groups is 1. The minimum Gasteiger partial charge on any atom is -0.389 e. The van der Waals surface area contributed by atoms with Crippen LogP contribution in [-0.2, 0) is 0 Å². The minimum atomic E-state index is -0.328. The lowest BCUT2D eigenvalue weighted by atomic mass is 10.3. The largest absolute Gasteiger partial charge is 0.389 e. The van der Waals surface area contributed by atoms with Crippen molar-refractivity contribution in [3.63, 3.8) is 0 Å². The van der Waals surface area contributed by atoms with Crippen LogP contribution in [0.4, 0.5) is 0 Å². The molecule has 0 radical (unpaired) electrons. The van der Waals surface area contributed by atoms with Crippen LogP contribution in [0.25, 0.3) is 0 Å². The molecule has 0 saturated carbocycles. The third-order valence-corrected chi connectivity index (χ3v) is 0.693. The predicted octanol–water partition coefficient (Wildman–Crippen LogP) is 1.50. The molecule has 0 bridgehead atoms. The summed E-state index contributed by atoms with van der Waals surface area (Å²) in [5.74, 6) is 0. The van der Waals surface area contributed by atoms with Gasteiger partial charge in [0.1, 0.15) is 0 Å². The highest BCUT2D eigenvalue weighted by atomic mass is 16.3. The molecule has 0 heterocycles. The van der Waals surface area contributed by atoms with Crippen molar-refractivity contribution in [1.82, 2.24) is 0 Å². The van der Waals surface area contributed by atoms with E-state index in [1.807, 2.05) is 25.2 Å². The predicted molar refractivity (Wildman–Crippen MR) is 35.6 cm³/mol. The fourth-order valence-electron chi connectivity index (χ4n) is 0.336. The first-order chi connectivity index (χ1) is 3.77. The van der Waals surface area contributed by atoms with Gasteiger partial charge in [-0.25, -0.2) is 0 Å². The third kappa shape index (κ3) is 5.44. The van der Waals surface area contributed by atoms with E-state index in [1.54, 1.807) is 13.0 Å². The first kappa shape index (κ1) is 7.44. The molecule has 1 N–H and O–H groups in total. The summed E-state index contributed by atoms with van der Waals surface area (Å²) < 4.78 is 0. The molecule has 1 atom stereocenters. The smallest absolute Gasteiger partial charge is 0.0695 e. The summed E-state index contributed by atoms with van der Waals surface area (Å²) in [5, 5.41) is 8.66. The van der Waals surface area contributed by atoms with Crippen molar-refractivity contribution in [2.24, 2.45) is 0 Å². The Morgan fingerprint density at radius 1 is 1.38 bits per heavy atom. The minimum absolute atomic E-state index is 0.328. The van der Waals surface area contributed by atoms with Crippen LogP contribution in [0.3, 0.4) is 0 Å². The topological polar surface area (TPSA) is 20.2 Å². The number of aliphatic hydroxyl groups excluding tert-OH is 1. The van der Waals surface area contributed by atoms with Crippen LogP contribution in [0.15, 0.2) is 24.3 Å². The maximum absolute atomic E-state index is 8.66. The van der Waals surface area contributed by atoms with Gasteiger partial charge in [-0.15, -0.1) is 0 Å². The fraction of sp³-hybridized carbons (Fsp3) is 0.429. The molecule has 8 heavy (non-hydrogen) atoms. The van der Waals surface area contributed by atoms with Gasteiger partial charge in [0.05, 0.1) is 6.10 Å². The molecular weight excluding hydrogens is 100 g/mol. The normalized spacial score (nSPS) is 15.9. The molecule has 0 unspecified atom stereocenters. The summed E-state index contributed by atoms with van der Waals surface area (Å²) in [6.07, 6.45) is 7.02. The Kier molecular flexibility index (Phi) is 4.27. The van der Waals surface area contributed by atoms with Crippen molar-refractivity contribution in [2.75, 3.05) is 0 Å². The Labute approximate surface area is 50.3 Å². The maximum atomic E-state index is 8.66. The molecule has 0 aromatic carbocycles. The molecule has 0 aliphatic rings. The van der Waals surface area contributed by atoms with Crippen LogP contribution in [-0.4, -0.2) is 11.2 Å². The molecule has 0 aliphatic heterocycles. The zero-order chi connectivity index (χ0) is 6.41. The van der Waals surface area contributed by atoms with E-state index in [0.29, 0.717) is 0 Å². The Morgan fingerprint density at radius 3 is 2.38 bits per heavy atom. The molecule has 0 spiro atoms. The van der Waals surface area contributed by atoms with Crippen molar-refractivity contribution >= 4 is 0 Å². The van der Waals surface area contributed by atoms with E-state index in [1.165, 1.54) is 0 Å². The van der Waals surface area contributed by atoms with Gasteiger partial charge in [-0.3, -0.25) is 0 Å². The molecule has 0 saturated heterocycles. The summed E-state index contributed by atoms with van der Waals surface area (Å²) in [7, 11) is 0. The Hall–Kier alpha value is -0.560. The highest BCUT2D eigenvalue weighted by molar-refractivity contribution is 5.02. The summed E-state index contributed by atoms with van der Waals surface area (Å²) in [6.45, 7) is 3.66. The van der Waals surface area contributed by atoms with Crippen molar-refractivity contribution < 1.29 is 5.11 Å². The fourth-order valence-corrected chi connectivity index (χ4v) is 0.336. The van der Waals surface area contributed by atoms with Crippen LogP contribution in [0.1, 0.15) is 13.8 Å². The summed E-state index contributed by atoms with van der Waals surface area (Å²) in [5.41, 5.74) is 0. The van der Waals surface area contributed by atoms with Crippen LogP contribution >= 0.6 is 0 Å². The number of hydrogen-bond donors (Lipinski definition) is 1. The van der Waals surface area contributed by atoms with Gasteiger partial charge in [-0.05, 0) is 13.8 Å². The van der Waals surface area contributed by atoms with Gasteiger partial charge in [0.2, 0.25) is 0 Å². The maximum Gasteiger partial charge on any atom is 0.0695 e. The van der Waals surface area contributed by atoms with Crippen molar-refractivity contribution in [3.8, 4) is 0 Å². The standard InChI is InChI=1S/C7H12O/c1-3-4-5-6-7(2)8/h3-8H,1-2H3/b4-3+,6-5-/t7-/m1/s1. The van der Waals surface area contributed by atoms with Crippen molar-refractivity contribution in [1.29, 1.82) is 0 Å². The third-order valence-electron chi connectivity index (χ3n) is 0.693. The zero-order valence-corrected chi connectivity index (χ0v) is 5.33. The van der Waals surface area contributed by atoms with E-state index in [4.69, 9.17) is 5.11 Å².